The molecular formula is C15H17N4O2-. The van der Waals surface area contributed by atoms with Gasteiger partial charge in [-0.25, -0.2) is 4.98 Å². The van der Waals surface area contributed by atoms with Crippen molar-refractivity contribution in [1.29, 1.82) is 0 Å². The zero-order valence-corrected chi connectivity index (χ0v) is 12.5. The van der Waals surface area contributed by atoms with Crippen LogP contribution in [0.25, 0.3) is 11.0 Å². The molecule has 21 heavy (non-hydrogen) atoms. The second kappa shape index (κ2) is 4.14. The van der Waals surface area contributed by atoms with Crippen LogP contribution >= 0.6 is 0 Å². The van der Waals surface area contributed by atoms with Gasteiger partial charge in [-0.2, -0.15) is 0 Å². The van der Waals surface area contributed by atoms with Gasteiger partial charge < -0.3 is 10.4 Å². The molecule has 6 heteroatoms. The van der Waals surface area contributed by atoms with E-state index >= 15 is 0 Å². The molecule has 0 fully saturated rings. The highest BCUT2D eigenvalue weighted by atomic mass is 16.5. The Kier molecular flexibility index (Phi) is 2.71. The van der Waals surface area contributed by atoms with Crippen molar-refractivity contribution < 1.29 is 4.74 Å². The lowest BCUT2D eigenvalue weighted by Gasteiger charge is -2.38. The summed E-state index contributed by atoms with van der Waals surface area (Å²) < 4.78 is 0.749. The molecular weight excluding hydrogens is 268 g/mol. The first-order valence-electron chi connectivity index (χ1n) is 6.80. The molecule has 0 saturated carbocycles. The third kappa shape index (κ3) is 1.72. The summed E-state index contributed by atoms with van der Waals surface area (Å²) in [4.78, 5) is 8.68. The normalized spacial score (nSPS) is 20.3. The second-order valence-corrected chi connectivity index (χ2v) is 6.27. The first-order valence-corrected chi connectivity index (χ1v) is 6.80. The average Bonchev–Trinajstić information content (AvgIpc) is 2.57. The van der Waals surface area contributed by atoms with E-state index in [9.17, 15) is 10.4 Å². The van der Waals surface area contributed by atoms with Gasteiger partial charge in [-0.3, -0.25) is 14.8 Å². The van der Waals surface area contributed by atoms with Gasteiger partial charge in [-0.1, -0.05) is 12.1 Å². The van der Waals surface area contributed by atoms with Crippen molar-refractivity contribution in [1.82, 2.24) is 15.0 Å². The van der Waals surface area contributed by atoms with Crippen LogP contribution in [0.5, 0.6) is 0 Å². The van der Waals surface area contributed by atoms with Crippen LogP contribution in [0.2, 0.25) is 0 Å². The third-order valence-electron chi connectivity index (χ3n) is 4.58. The Hall–Kier alpha value is -2.21. The summed E-state index contributed by atoms with van der Waals surface area (Å²) >= 11 is 0. The Balaban J connectivity index is 2.20. The fraction of sp³-hybridized carbons (Fsp3) is 0.400. The quantitative estimate of drug-likeness (QED) is 0.593. The first-order chi connectivity index (χ1) is 9.76. The Bertz CT molecular complexity index is 752. The largest absolute Gasteiger partial charge is 0.714 e. The zero-order chi connectivity index (χ0) is 15.4. The predicted molar refractivity (Wildman–Crippen MR) is 80.6 cm³/mol. The summed E-state index contributed by atoms with van der Waals surface area (Å²) in [6, 6.07) is 7.36. The molecule has 0 spiro atoms. The van der Waals surface area contributed by atoms with Crippen LogP contribution in [-0.4, -0.2) is 36.7 Å². The fourth-order valence-corrected chi connectivity index (χ4v) is 2.38. The minimum atomic E-state index is -0.850. The van der Waals surface area contributed by atoms with Crippen molar-refractivity contribution in [3.8, 4) is 0 Å². The molecule has 2 heterocycles. The molecule has 2 aromatic rings. The molecule has 1 aromatic carbocycles. The highest BCUT2D eigenvalue weighted by Gasteiger charge is 2.55. The Morgan fingerprint density at radius 1 is 1.10 bits per heavy atom. The van der Waals surface area contributed by atoms with Gasteiger partial charge in [0.2, 0.25) is 0 Å². The van der Waals surface area contributed by atoms with E-state index in [1.165, 1.54) is 6.20 Å². The van der Waals surface area contributed by atoms with Gasteiger partial charge in [0, 0.05) is 0 Å². The molecule has 1 aliphatic heterocycles. The van der Waals surface area contributed by atoms with E-state index in [0.717, 1.165) is 15.3 Å². The average molecular weight is 285 g/mol. The van der Waals surface area contributed by atoms with E-state index < -0.39 is 11.1 Å². The smallest absolute Gasteiger partial charge is 0.299 e. The molecule has 0 aliphatic carbocycles. The molecule has 0 amide bonds. The van der Waals surface area contributed by atoms with E-state index in [2.05, 4.69) is 9.97 Å². The van der Waals surface area contributed by atoms with Gasteiger partial charge in [-0.15, -0.1) is 0 Å². The van der Waals surface area contributed by atoms with E-state index in [-0.39, 0.29) is 5.84 Å². The zero-order valence-electron chi connectivity index (χ0n) is 12.5. The molecule has 1 aliphatic rings. The molecule has 6 nitrogen and oxygen atoms in total. The Labute approximate surface area is 122 Å². The minimum Gasteiger partial charge on any atom is -0.714 e. The van der Waals surface area contributed by atoms with Crippen molar-refractivity contribution in [2.24, 2.45) is 0 Å². The molecule has 0 bridgehead atoms. The van der Waals surface area contributed by atoms with Crippen LogP contribution < -0.4 is 0 Å². The van der Waals surface area contributed by atoms with Crippen molar-refractivity contribution >= 4 is 16.9 Å². The standard InChI is InChI=1S/C15H17N4O2/c1-14(2)15(3,4)19(21)13(18(14)20)12-9-16-10-7-5-6-8-11(10)17-12/h5-9H,1-4H3/q-1. The maximum absolute atomic E-state index is 12.6. The van der Waals surface area contributed by atoms with Gasteiger partial charge >= 0.3 is 0 Å². The highest BCUT2D eigenvalue weighted by molar-refractivity contribution is 5.96. The van der Waals surface area contributed by atoms with E-state index in [1.54, 1.807) is 27.7 Å². The van der Waals surface area contributed by atoms with Gasteiger partial charge in [0.15, 0.2) is 5.69 Å². The number of amidine groups is 1. The van der Waals surface area contributed by atoms with Crippen molar-refractivity contribution in [2.75, 3.05) is 0 Å². The topological polar surface area (TPSA) is 78.1 Å². The number of para-hydroxylation sites is 2. The predicted octanol–water partition coefficient (Wildman–Crippen LogP) is 2.26. The number of rotatable bonds is 1. The molecule has 0 N–H and O–H groups in total. The van der Waals surface area contributed by atoms with E-state index in [1.807, 2.05) is 24.3 Å². The van der Waals surface area contributed by atoms with Crippen molar-refractivity contribution in [3.05, 3.63) is 46.6 Å². The van der Waals surface area contributed by atoms with Crippen LogP contribution in [0.3, 0.4) is 0 Å². The fourth-order valence-electron chi connectivity index (χ4n) is 2.38. The molecule has 0 unspecified atom stereocenters. The van der Waals surface area contributed by atoms with Crippen LogP contribution in [0.1, 0.15) is 33.4 Å². The molecule has 110 valence electrons. The lowest BCUT2D eigenvalue weighted by Crippen LogP contribution is -2.52. The Morgan fingerprint density at radius 3 is 2.29 bits per heavy atom. The van der Waals surface area contributed by atoms with Gasteiger partial charge in [0.05, 0.1) is 17.2 Å². The van der Waals surface area contributed by atoms with Crippen LogP contribution in [0, 0.1) is 10.4 Å². The maximum atomic E-state index is 12.6. The molecule has 1 aromatic heterocycles. The number of hydroxylamine groups is 3. The molecule has 3 rings (SSSR count). The van der Waals surface area contributed by atoms with Crippen molar-refractivity contribution in [3.63, 3.8) is 0 Å². The van der Waals surface area contributed by atoms with Crippen LogP contribution in [0.4, 0.5) is 0 Å². The lowest BCUT2D eigenvalue weighted by atomic mass is 9.84. The van der Waals surface area contributed by atoms with Crippen LogP contribution in [-0.2, 0) is 0 Å². The van der Waals surface area contributed by atoms with Gasteiger partial charge in [0.25, 0.3) is 5.84 Å². The summed E-state index contributed by atoms with van der Waals surface area (Å²) in [7, 11) is 0. The monoisotopic (exact) mass is 285 g/mol. The lowest BCUT2D eigenvalue weighted by molar-refractivity contribution is -0.539. The first kappa shape index (κ1) is 13.8. The number of benzene rings is 1. The summed E-state index contributed by atoms with van der Waals surface area (Å²) in [5, 5.41) is 25.9. The van der Waals surface area contributed by atoms with E-state index in [0.29, 0.717) is 11.2 Å². The number of hydrogen-bond acceptors (Lipinski definition) is 5. The third-order valence-corrected chi connectivity index (χ3v) is 4.58. The molecule has 0 radical (unpaired) electrons. The number of fused-ring (bicyclic) bond motifs is 1. The highest BCUT2D eigenvalue weighted by Crippen LogP contribution is 2.37. The summed E-state index contributed by atoms with van der Waals surface area (Å²) in [6.45, 7) is 7.03. The van der Waals surface area contributed by atoms with E-state index in [4.69, 9.17) is 0 Å². The van der Waals surface area contributed by atoms with Crippen LogP contribution in [0.15, 0.2) is 30.5 Å². The summed E-state index contributed by atoms with van der Waals surface area (Å²) in [5.74, 6) is 0.0169. The molecule has 0 saturated heterocycles. The second-order valence-electron chi connectivity index (χ2n) is 6.27. The summed E-state index contributed by atoms with van der Waals surface area (Å²) in [5.41, 5.74) is -0.00752. The van der Waals surface area contributed by atoms with Gasteiger partial charge in [-0.05, 0) is 39.8 Å². The Morgan fingerprint density at radius 2 is 1.71 bits per heavy atom. The maximum Gasteiger partial charge on any atom is 0.299 e. The number of nitrogens with zero attached hydrogens (tertiary/aromatic N) is 4. The minimum absolute atomic E-state index is 0.0169. The van der Waals surface area contributed by atoms with Crippen molar-refractivity contribution in [2.45, 2.75) is 38.8 Å². The molecule has 0 atom stereocenters. The SMILES string of the molecule is CC1(C)N([O-])C(c2cnc3ccccc3n2)=[N+]([O-])C1(C)C. The number of hydrogen-bond donors (Lipinski definition) is 0. The number of aromatic nitrogens is 2. The van der Waals surface area contributed by atoms with Gasteiger partial charge in [0.1, 0.15) is 11.1 Å². The summed E-state index contributed by atoms with van der Waals surface area (Å²) in [6.07, 6.45) is 1.48.